The first kappa shape index (κ1) is 19.4. The number of allylic oxidation sites excluding steroid dienone is 2. The van der Waals surface area contributed by atoms with Crippen LogP contribution in [0.1, 0.15) is 29.9 Å². The van der Waals surface area contributed by atoms with Gasteiger partial charge in [-0.15, -0.1) is 0 Å². The van der Waals surface area contributed by atoms with Gasteiger partial charge in [0.15, 0.2) is 0 Å². The minimum atomic E-state index is -0.663. The van der Waals surface area contributed by atoms with Crippen molar-refractivity contribution < 1.29 is 9.90 Å². The normalized spacial score (nSPS) is 26.5. The average Bonchev–Trinajstić information content (AvgIpc) is 2.61. The lowest BCUT2D eigenvalue weighted by molar-refractivity contribution is -0.113. The third-order valence-corrected chi connectivity index (χ3v) is 5.89. The molecule has 0 aromatic heterocycles. The van der Waals surface area contributed by atoms with Crippen LogP contribution in [0.15, 0.2) is 54.6 Å². The number of hydrogen-bond donors (Lipinski definition) is 1. The van der Waals surface area contributed by atoms with E-state index in [0.717, 1.165) is 17.4 Å². The van der Waals surface area contributed by atoms with E-state index >= 15 is 0 Å². The van der Waals surface area contributed by atoms with Gasteiger partial charge in [0, 0.05) is 38.7 Å². The van der Waals surface area contributed by atoms with Gasteiger partial charge in [0.25, 0.3) is 0 Å². The van der Waals surface area contributed by atoms with Gasteiger partial charge in [0.05, 0.1) is 6.10 Å². The summed E-state index contributed by atoms with van der Waals surface area (Å²) in [6.07, 6.45) is 4.11. The van der Waals surface area contributed by atoms with Gasteiger partial charge in [-0.2, -0.15) is 0 Å². The molecule has 1 aliphatic carbocycles. The topological polar surface area (TPSA) is 37.3 Å². The maximum Gasteiger partial charge on any atom is 0.127 e. The quantitative estimate of drug-likeness (QED) is 0.504. The van der Waals surface area contributed by atoms with Gasteiger partial charge in [-0.25, -0.2) is 0 Å². The number of aliphatic hydroxyl groups is 1. The maximum absolute atomic E-state index is 11.6. The summed E-state index contributed by atoms with van der Waals surface area (Å²) in [6, 6.07) is 13.0. The maximum atomic E-state index is 11.6. The minimum absolute atomic E-state index is 0.0863. The van der Waals surface area contributed by atoms with Crippen LogP contribution < -0.4 is 0 Å². The molecular formula is C21H19Cl3O2. The molecular weight excluding hydrogens is 391 g/mol. The number of carbonyl (C=O) groups is 1. The number of rotatable bonds is 4. The first-order valence-corrected chi connectivity index (χ1v) is 9.58. The molecule has 2 nitrogen and oxygen atoms in total. The van der Waals surface area contributed by atoms with Crippen molar-refractivity contribution in [1.82, 2.24) is 0 Å². The van der Waals surface area contributed by atoms with Crippen LogP contribution in [-0.2, 0) is 4.79 Å². The van der Waals surface area contributed by atoms with E-state index in [9.17, 15) is 9.90 Å². The summed E-state index contributed by atoms with van der Waals surface area (Å²) in [5.41, 5.74) is 1.93. The lowest BCUT2D eigenvalue weighted by Crippen LogP contribution is -2.36. The molecule has 0 fully saturated rings. The molecule has 1 N–H and O–H groups in total. The van der Waals surface area contributed by atoms with E-state index in [1.807, 2.05) is 42.5 Å². The molecule has 2 aromatic carbocycles. The zero-order chi connectivity index (χ0) is 18.8. The number of hydrogen-bond acceptors (Lipinski definition) is 2. The molecule has 136 valence electrons. The molecule has 5 heteroatoms. The van der Waals surface area contributed by atoms with Gasteiger partial charge < -0.3 is 9.90 Å². The number of benzene rings is 2. The Bertz CT molecular complexity index is 815. The lowest BCUT2D eigenvalue weighted by Gasteiger charge is -2.40. The molecule has 5 atom stereocenters. The Labute approximate surface area is 168 Å². The summed E-state index contributed by atoms with van der Waals surface area (Å²) in [5, 5.41) is 12.2. The Hall–Kier alpha value is -1.32. The van der Waals surface area contributed by atoms with E-state index < -0.39 is 6.10 Å². The van der Waals surface area contributed by atoms with Crippen molar-refractivity contribution in [2.75, 3.05) is 0 Å². The van der Waals surface area contributed by atoms with Crippen LogP contribution in [0.5, 0.6) is 0 Å². The first-order valence-electron chi connectivity index (χ1n) is 8.44. The van der Waals surface area contributed by atoms with Crippen LogP contribution in [0.4, 0.5) is 0 Å². The highest BCUT2D eigenvalue weighted by Gasteiger charge is 2.41. The molecule has 0 spiro atoms. The Morgan fingerprint density at radius 1 is 1.00 bits per heavy atom. The fourth-order valence-corrected chi connectivity index (χ4v) is 4.58. The number of carbonyl (C=O) groups excluding carboxylic acids is 1. The van der Waals surface area contributed by atoms with Crippen LogP contribution in [0.2, 0.25) is 15.1 Å². The van der Waals surface area contributed by atoms with Crippen molar-refractivity contribution in [3.05, 3.63) is 80.8 Å². The molecule has 1 aliphatic rings. The molecule has 0 saturated heterocycles. The second-order valence-corrected chi connectivity index (χ2v) is 7.97. The predicted octanol–water partition coefficient (Wildman–Crippen LogP) is 5.90. The smallest absolute Gasteiger partial charge is 0.127 e. The van der Waals surface area contributed by atoms with Crippen molar-refractivity contribution in [1.29, 1.82) is 0 Å². The van der Waals surface area contributed by atoms with Crippen LogP contribution in [0.25, 0.3) is 0 Å². The Morgan fingerprint density at radius 2 is 1.65 bits per heavy atom. The van der Waals surface area contributed by atoms with Gasteiger partial charge >= 0.3 is 0 Å². The highest BCUT2D eigenvalue weighted by atomic mass is 35.5. The number of aldehydes is 1. The van der Waals surface area contributed by atoms with Crippen molar-refractivity contribution in [2.45, 2.75) is 24.9 Å². The van der Waals surface area contributed by atoms with Crippen LogP contribution in [0.3, 0.4) is 0 Å². The van der Waals surface area contributed by atoms with Crippen LogP contribution in [-0.4, -0.2) is 17.5 Å². The van der Waals surface area contributed by atoms with Crippen molar-refractivity contribution in [3.63, 3.8) is 0 Å². The lowest BCUT2D eigenvalue weighted by atomic mass is 9.64. The van der Waals surface area contributed by atoms with E-state index in [2.05, 4.69) is 0 Å². The van der Waals surface area contributed by atoms with Crippen LogP contribution in [0, 0.1) is 11.8 Å². The Balaban J connectivity index is 2.16. The van der Waals surface area contributed by atoms with Gasteiger partial charge in [-0.3, -0.25) is 0 Å². The second-order valence-electron chi connectivity index (χ2n) is 6.69. The predicted molar refractivity (Wildman–Crippen MR) is 107 cm³/mol. The molecule has 2 aromatic rings. The fraction of sp³-hybridized carbons (Fsp3) is 0.286. The summed E-state index contributed by atoms with van der Waals surface area (Å²) in [7, 11) is 0. The highest BCUT2D eigenvalue weighted by molar-refractivity contribution is 6.35. The molecule has 3 rings (SSSR count). The molecule has 5 unspecified atom stereocenters. The molecule has 0 amide bonds. The number of aliphatic hydroxyl groups excluding tert-OH is 1. The van der Waals surface area contributed by atoms with E-state index in [-0.39, 0.29) is 23.7 Å². The fourth-order valence-electron chi connectivity index (χ4n) is 3.92. The summed E-state index contributed by atoms with van der Waals surface area (Å²) in [4.78, 5) is 11.6. The molecule has 0 heterocycles. The van der Waals surface area contributed by atoms with Crippen LogP contribution >= 0.6 is 34.8 Å². The molecule has 26 heavy (non-hydrogen) atoms. The summed E-state index contributed by atoms with van der Waals surface area (Å²) >= 11 is 18.6. The standard InChI is InChI=1S/C21H19Cl3O2/c1-12(26)20-14(11-25)4-8-18(17-9-7-16(23)10-19(17)24)21(20)13-2-5-15(22)6-3-13/h2-12,14,18,20-21,26H,1H3. The van der Waals surface area contributed by atoms with Gasteiger partial charge in [0.2, 0.25) is 0 Å². The van der Waals surface area contributed by atoms with Crippen molar-refractivity contribution in [2.24, 2.45) is 11.8 Å². The number of halogens is 3. The third-order valence-electron chi connectivity index (χ3n) is 5.08. The van der Waals surface area contributed by atoms with E-state index in [1.165, 1.54) is 0 Å². The third kappa shape index (κ3) is 3.84. The molecule has 0 bridgehead atoms. The second kappa shape index (κ2) is 8.14. The average molecular weight is 410 g/mol. The molecule has 0 radical (unpaired) electrons. The van der Waals surface area contributed by atoms with Gasteiger partial charge in [-0.05, 0) is 42.3 Å². The highest BCUT2D eigenvalue weighted by Crippen LogP contribution is 2.49. The van der Waals surface area contributed by atoms with Gasteiger partial charge in [0.1, 0.15) is 6.29 Å². The van der Waals surface area contributed by atoms with E-state index in [1.54, 1.807) is 19.1 Å². The minimum Gasteiger partial charge on any atom is -0.393 e. The van der Waals surface area contributed by atoms with E-state index in [0.29, 0.717) is 15.1 Å². The first-order chi connectivity index (χ1) is 12.4. The van der Waals surface area contributed by atoms with Crippen molar-refractivity contribution >= 4 is 41.1 Å². The molecule has 0 saturated carbocycles. The summed E-state index contributed by atoms with van der Waals surface area (Å²) in [6.45, 7) is 1.73. The SMILES string of the molecule is CC(O)C1C(C=O)C=CC(c2ccc(Cl)cc2Cl)C1c1ccc(Cl)cc1. The van der Waals surface area contributed by atoms with Gasteiger partial charge in [-0.1, -0.05) is 65.2 Å². The van der Waals surface area contributed by atoms with Crippen molar-refractivity contribution in [3.8, 4) is 0 Å². The summed E-state index contributed by atoms with van der Waals surface area (Å²) in [5.74, 6) is -0.837. The Kier molecular flexibility index (Phi) is 6.09. The summed E-state index contributed by atoms with van der Waals surface area (Å²) < 4.78 is 0. The zero-order valence-corrected chi connectivity index (χ0v) is 16.4. The monoisotopic (exact) mass is 408 g/mol. The largest absolute Gasteiger partial charge is 0.393 e. The zero-order valence-electron chi connectivity index (χ0n) is 14.1. The molecule has 0 aliphatic heterocycles. The van der Waals surface area contributed by atoms with E-state index in [4.69, 9.17) is 34.8 Å². The Morgan fingerprint density at radius 3 is 2.23 bits per heavy atom.